The van der Waals surface area contributed by atoms with Crippen LogP contribution < -0.4 is 5.32 Å². The number of hydrogen-bond donors (Lipinski definition) is 1. The third-order valence-electron chi connectivity index (χ3n) is 5.24. The zero-order chi connectivity index (χ0) is 22.0. The minimum atomic E-state index is -0.389. The number of carbonyl (C=O) groups excluding carboxylic acids is 2. The molecule has 156 valence electrons. The van der Waals surface area contributed by atoms with Gasteiger partial charge in [-0.15, -0.1) is 0 Å². The second-order valence-electron chi connectivity index (χ2n) is 7.34. The van der Waals surface area contributed by atoms with Crippen molar-refractivity contribution in [2.24, 2.45) is 0 Å². The van der Waals surface area contributed by atoms with Crippen LogP contribution in [0.1, 0.15) is 16.7 Å². The number of rotatable bonds is 6. The van der Waals surface area contributed by atoms with Crippen LogP contribution in [0, 0.1) is 12.7 Å². The summed E-state index contributed by atoms with van der Waals surface area (Å²) in [6, 6.07) is 20.4. The van der Waals surface area contributed by atoms with E-state index in [2.05, 4.69) is 5.32 Å². The first-order valence-electron chi connectivity index (χ1n) is 9.87. The Labute approximate surface area is 185 Å². The molecule has 2 amide bonds. The van der Waals surface area contributed by atoms with Gasteiger partial charge in [0.05, 0.1) is 5.57 Å². The number of amides is 2. The van der Waals surface area contributed by atoms with Crippen molar-refractivity contribution in [3.05, 3.63) is 106 Å². The summed E-state index contributed by atoms with van der Waals surface area (Å²) in [6.45, 7) is 2.12. The van der Waals surface area contributed by atoms with Crippen molar-refractivity contribution < 1.29 is 14.0 Å². The fourth-order valence-electron chi connectivity index (χ4n) is 3.52. The third-order valence-corrected chi connectivity index (χ3v) is 5.49. The second kappa shape index (κ2) is 8.74. The molecule has 0 saturated heterocycles. The molecule has 0 bridgehead atoms. The van der Waals surface area contributed by atoms with Crippen molar-refractivity contribution in [3.8, 4) is 0 Å². The molecule has 0 fully saturated rings. The zero-order valence-corrected chi connectivity index (χ0v) is 17.6. The number of anilines is 1. The van der Waals surface area contributed by atoms with E-state index in [9.17, 15) is 14.0 Å². The zero-order valence-electron chi connectivity index (χ0n) is 16.9. The predicted octanol–water partition coefficient (Wildman–Crippen LogP) is 5.22. The SMILES string of the molecule is Cc1ccccc1NC1=C(c2ccc(Cl)cc2)C(=O)N(CCc2ccc(F)cc2)C1=O. The van der Waals surface area contributed by atoms with E-state index in [1.807, 2.05) is 31.2 Å². The van der Waals surface area contributed by atoms with Gasteiger partial charge in [-0.1, -0.05) is 54.1 Å². The molecular weight excluding hydrogens is 415 g/mol. The summed E-state index contributed by atoms with van der Waals surface area (Å²) in [5, 5.41) is 3.72. The summed E-state index contributed by atoms with van der Waals surface area (Å²) in [6.07, 6.45) is 0.434. The first kappa shape index (κ1) is 20.8. The number of aryl methyl sites for hydroxylation is 1. The van der Waals surface area contributed by atoms with Crippen molar-refractivity contribution in [2.45, 2.75) is 13.3 Å². The number of benzene rings is 3. The van der Waals surface area contributed by atoms with E-state index in [4.69, 9.17) is 11.6 Å². The quantitative estimate of drug-likeness (QED) is 0.541. The molecule has 3 aromatic carbocycles. The van der Waals surface area contributed by atoms with Crippen LogP contribution in [-0.2, 0) is 16.0 Å². The van der Waals surface area contributed by atoms with Crippen molar-refractivity contribution in [3.63, 3.8) is 0 Å². The Bertz CT molecular complexity index is 1170. The van der Waals surface area contributed by atoms with E-state index in [1.165, 1.54) is 17.0 Å². The van der Waals surface area contributed by atoms with Crippen LogP contribution in [0.2, 0.25) is 5.02 Å². The summed E-state index contributed by atoms with van der Waals surface area (Å²) in [5.41, 5.74) is 3.71. The van der Waals surface area contributed by atoms with E-state index in [0.717, 1.165) is 16.8 Å². The highest BCUT2D eigenvalue weighted by atomic mass is 35.5. The molecule has 0 saturated carbocycles. The van der Waals surface area contributed by atoms with E-state index >= 15 is 0 Å². The first-order chi connectivity index (χ1) is 14.9. The molecule has 1 aliphatic heterocycles. The minimum Gasteiger partial charge on any atom is -0.350 e. The van der Waals surface area contributed by atoms with Gasteiger partial charge in [-0.05, 0) is 60.4 Å². The smallest absolute Gasteiger partial charge is 0.278 e. The molecule has 0 radical (unpaired) electrons. The number of hydrogen-bond acceptors (Lipinski definition) is 3. The molecule has 1 N–H and O–H groups in total. The molecule has 0 aliphatic carbocycles. The van der Waals surface area contributed by atoms with E-state index < -0.39 is 0 Å². The molecular formula is C25H20ClFN2O2. The second-order valence-corrected chi connectivity index (χ2v) is 7.77. The lowest BCUT2D eigenvalue weighted by Gasteiger charge is -2.15. The van der Waals surface area contributed by atoms with Gasteiger partial charge < -0.3 is 5.32 Å². The third kappa shape index (κ3) is 4.37. The molecule has 1 aliphatic rings. The lowest BCUT2D eigenvalue weighted by molar-refractivity contribution is -0.136. The topological polar surface area (TPSA) is 49.4 Å². The molecule has 4 nitrogen and oxygen atoms in total. The summed E-state index contributed by atoms with van der Waals surface area (Å²) >= 11 is 6.01. The summed E-state index contributed by atoms with van der Waals surface area (Å²) in [5.74, 6) is -1.08. The molecule has 0 spiro atoms. The van der Waals surface area contributed by atoms with Gasteiger partial charge in [-0.25, -0.2) is 4.39 Å². The maximum atomic E-state index is 13.3. The fourth-order valence-corrected chi connectivity index (χ4v) is 3.65. The normalized spacial score (nSPS) is 13.8. The van der Waals surface area contributed by atoms with Crippen molar-refractivity contribution in [1.29, 1.82) is 0 Å². The predicted molar refractivity (Wildman–Crippen MR) is 120 cm³/mol. The Balaban J connectivity index is 1.67. The highest BCUT2D eigenvalue weighted by Gasteiger charge is 2.39. The van der Waals surface area contributed by atoms with Gasteiger partial charge in [0.15, 0.2) is 0 Å². The van der Waals surface area contributed by atoms with Crippen molar-refractivity contribution in [1.82, 2.24) is 4.90 Å². The van der Waals surface area contributed by atoms with Gasteiger partial charge >= 0.3 is 0 Å². The van der Waals surface area contributed by atoms with Crippen LogP contribution >= 0.6 is 11.6 Å². The lowest BCUT2D eigenvalue weighted by Crippen LogP contribution is -2.34. The van der Waals surface area contributed by atoms with Crippen molar-refractivity contribution in [2.75, 3.05) is 11.9 Å². The Morgan fingerprint density at radius 3 is 2.26 bits per heavy atom. The minimum absolute atomic E-state index is 0.194. The highest BCUT2D eigenvalue weighted by Crippen LogP contribution is 2.32. The number of halogens is 2. The molecule has 1 heterocycles. The van der Waals surface area contributed by atoms with Gasteiger partial charge in [0.1, 0.15) is 11.5 Å². The van der Waals surface area contributed by atoms with Crippen LogP contribution in [0.3, 0.4) is 0 Å². The van der Waals surface area contributed by atoms with Gasteiger partial charge in [-0.3, -0.25) is 14.5 Å². The molecule has 0 aromatic heterocycles. The molecule has 6 heteroatoms. The Kier molecular flexibility index (Phi) is 5.87. The number of imide groups is 1. The average molecular weight is 435 g/mol. The molecule has 0 unspecified atom stereocenters. The highest BCUT2D eigenvalue weighted by molar-refractivity contribution is 6.37. The van der Waals surface area contributed by atoms with Gasteiger partial charge in [0.2, 0.25) is 0 Å². The standard InChI is InChI=1S/C25H20ClFN2O2/c1-16-4-2-3-5-21(16)28-23-22(18-8-10-19(26)11-9-18)24(30)29(25(23)31)15-14-17-6-12-20(27)13-7-17/h2-13,28H,14-15H2,1H3. The Hall–Kier alpha value is -3.44. The maximum absolute atomic E-state index is 13.3. The summed E-state index contributed by atoms with van der Waals surface area (Å²) in [7, 11) is 0. The van der Waals surface area contributed by atoms with Gasteiger partial charge in [-0.2, -0.15) is 0 Å². The van der Waals surface area contributed by atoms with Crippen LogP contribution in [-0.4, -0.2) is 23.3 Å². The van der Waals surface area contributed by atoms with Crippen LogP contribution in [0.5, 0.6) is 0 Å². The molecule has 31 heavy (non-hydrogen) atoms. The summed E-state index contributed by atoms with van der Waals surface area (Å²) in [4.78, 5) is 27.8. The Morgan fingerprint density at radius 1 is 0.903 bits per heavy atom. The Morgan fingerprint density at radius 2 is 1.58 bits per heavy atom. The van der Waals surface area contributed by atoms with Crippen LogP contribution in [0.25, 0.3) is 5.57 Å². The average Bonchev–Trinajstić information content (AvgIpc) is 2.99. The fraction of sp³-hybridized carbons (Fsp3) is 0.120. The number of carbonyl (C=O) groups is 2. The van der Waals surface area contributed by atoms with Gasteiger partial charge in [0, 0.05) is 17.3 Å². The largest absolute Gasteiger partial charge is 0.350 e. The number of nitrogens with zero attached hydrogens (tertiary/aromatic N) is 1. The van der Waals surface area contributed by atoms with Crippen LogP contribution in [0.4, 0.5) is 10.1 Å². The van der Waals surface area contributed by atoms with E-state index in [-0.39, 0.29) is 29.9 Å². The number of nitrogens with one attached hydrogen (secondary N) is 1. The van der Waals surface area contributed by atoms with Crippen molar-refractivity contribution >= 4 is 34.7 Å². The first-order valence-corrected chi connectivity index (χ1v) is 10.3. The van der Waals surface area contributed by atoms with E-state index in [1.54, 1.807) is 36.4 Å². The van der Waals surface area contributed by atoms with Gasteiger partial charge in [0.25, 0.3) is 11.8 Å². The lowest BCUT2D eigenvalue weighted by atomic mass is 10.0. The molecule has 0 atom stereocenters. The number of para-hydroxylation sites is 1. The molecule has 3 aromatic rings. The van der Waals surface area contributed by atoms with Crippen LogP contribution in [0.15, 0.2) is 78.5 Å². The maximum Gasteiger partial charge on any atom is 0.278 e. The van der Waals surface area contributed by atoms with E-state index in [0.29, 0.717) is 22.6 Å². The molecule has 4 rings (SSSR count). The summed E-state index contributed by atoms with van der Waals surface area (Å²) < 4.78 is 13.2. The monoisotopic (exact) mass is 434 g/mol.